The van der Waals surface area contributed by atoms with Crippen LogP contribution >= 0.6 is 0 Å². The van der Waals surface area contributed by atoms with Crippen LogP contribution in [0.25, 0.3) is 16.7 Å². The highest BCUT2D eigenvalue weighted by Gasteiger charge is 2.34. The third-order valence-corrected chi connectivity index (χ3v) is 5.88. The maximum atomic E-state index is 13.8. The summed E-state index contributed by atoms with van der Waals surface area (Å²) in [5, 5.41) is 3.50. The van der Waals surface area contributed by atoms with Crippen molar-refractivity contribution in [3.63, 3.8) is 0 Å². The van der Waals surface area contributed by atoms with E-state index in [1.165, 1.54) is 0 Å². The van der Waals surface area contributed by atoms with Crippen molar-refractivity contribution in [2.45, 2.75) is 13.0 Å². The number of carbonyl (C=O) groups is 1. The van der Waals surface area contributed by atoms with Gasteiger partial charge in [-0.1, -0.05) is 42.5 Å². The monoisotopic (exact) mass is 425 g/mol. The third kappa shape index (κ3) is 3.12. The molecule has 3 aromatic carbocycles. The van der Waals surface area contributed by atoms with Crippen molar-refractivity contribution in [2.24, 2.45) is 0 Å². The summed E-state index contributed by atoms with van der Waals surface area (Å²) in [5.41, 5.74) is 4.77. The minimum Gasteiger partial charge on any atom is -0.497 e. The first kappa shape index (κ1) is 19.9. The molecule has 0 bridgehead atoms. The number of methoxy groups -OCH3 is 2. The van der Waals surface area contributed by atoms with Gasteiger partial charge in [-0.05, 0) is 31.2 Å². The number of carbonyl (C=O) groups excluding carboxylic acids is 1. The van der Waals surface area contributed by atoms with Gasteiger partial charge in [-0.15, -0.1) is 0 Å². The lowest BCUT2D eigenvalue weighted by Crippen LogP contribution is -2.27. The van der Waals surface area contributed by atoms with Gasteiger partial charge < -0.3 is 14.8 Å². The second kappa shape index (κ2) is 7.89. The van der Waals surface area contributed by atoms with Crippen LogP contribution in [-0.2, 0) is 0 Å². The molecule has 1 aliphatic heterocycles. The molecule has 0 spiro atoms. The molecule has 1 aromatic heterocycles. The van der Waals surface area contributed by atoms with Gasteiger partial charge in [0.05, 0.1) is 31.3 Å². The Balaban J connectivity index is 1.75. The number of ketones is 1. The average Bonchev–Trinajstić information content (AvgIpc) is 3.22. The van der Waals surface area contributed by atoms with Crippen LogP contribution in [0.15, 0.2) is 78.4 Å². The predicted molar refractivity (Wildman–Crippen MR) is 125 cm³/mol. The molecule has 0 saturated carbocycles. The fourth-order valence-corrected chi connectivity index (χ4v) is 4.32. The van der Waals surface area contributed by atoms with Crippen LogP contribution in [0.2, 0.25) is 0 Å². The molecule has 1 N–H and O–H groups in total. The number of anilines is 1. The highest BCUT2D eigenvalue weighted by Crippen LogP contribution is 2.43. The van der Waals surface area contributed by atoms with Gasteiger partial charge in [-0.2, -0.15) is 0 Å². The Morgan fingerprint density at radius 1 is 0.969 bits per heavy atom. The minimum absolute atomic E-state index is 0.0399. The first-order valence-corrected chi connectivity index (χ1v) is 10.4. The largest absolute Gasteiger partial charge is 0.497 e. The van der Waals surface area contributed by atoms with Crippen molar-refractivity contribution in [2.75, 3.05) is 19.5 Å². The van der Waals surface area contributed by atoms with Gasteiger partial charge in [0.2, 0.25) is 5.95 Å². The Morgan fingerprint density at radius 2 is 1.72 bits per heavy atom. The maximum absolute atomic E-state index is 13.8. The minimum atomic E-state index is -0.437. The normalized spacial score (nSPS) is 15.3. The number of Topliss-reactive ketones (excluding diaryl/α,β-unsaturated/α-hetero) is 1. The van der Waals surface area contributed by atoms with Crippen molar-refractivity contribution in [1.29, 1.82) is 0 Å². The van der Waals surface area contributed by atoms with Crippen LogP contribution in [0.3, 0.4) is 0 Å². The molecule has 0 fully saturated rings. The molecule has 4 aromatic rings. The summed E-state index contributed by atoms with van der Waals surface area (Å²) < 4.78 is 13.1. The summed E-state index contributed by atoms with van der Waals surface area (Å²) >= 11 is 0. The van der Waals surface area contributed by atoms with E-state index < -0.39 is 6.04 Å². The molecule has 0 aliphatic carbocycles. The number of fused-ring (bicyclic) bond motifs is 3. The third-order valence-electron chi connectivity index (χ3n) is 5.88. The molecule has 6 nitrogen and oxygen atoms in total. The number of imidazole rings is 1. The lowest BCUT2D eigenvalue weighted by atomic mass is 9.89. The molecule has 0 radical (unpaired) electrons. The lowest BCUT2D eigenvalue weighted by Gasteiger charge is -2.31. The molecular formula is C26H23N3O3. The first-order chi connectivity index (χ1) is 15.6. The van der Waals surface area contributed by atoms with Crippen molar-refractivity contribution in [1.82, 2.24) is 9.55 Å². The number of hydrogen-bond acceptors (Lipinski definition) is 5. The van der Waals surface area contributed by atoms with Crippen LogP contribution in [0.4, 0.5) is 5.95 Å². The number of rotatable bonds is 5. The predicted octanol–water partition coefficient (Wildman–Crippen LogP) is 5.33. The molecule has 6 heteroatoms. The Kier molecular flexibility index (Phi) is 4.90. The van der Waals surface area contributed by atoms with E-state index in [0.717, 1.165) is 22.3 Å². The van der Waals surface area contributed by atoms with Crippen LogP contribution in [0.5, 0.6) is 11.5 Å². The van der Waals surface area contributed by atoms with Gasteiger partial charge in [0.15, 0.2) is 5.78 Å². The maximum Gasteiger partial charge on any atom is 0.209 e. The zero-order valence-corrected chi connectivity index (χ0v) is 18.1. The number of benzene rings is 3. The molecule has 160 valence electrons. The number of hydrogen-bond donors (Lipinski definition) is 1. The van der Waals surface area contributed by atoms with E-state index in [0.29, 0.717) is 28.6 Å². The Labute approximate surface area is 186 Å². The Morgan fingerprint density at radius 3 is 2.47 bits per heavy atom. The van der Waals surface area contributed by atoms with Crippen LogP contribution in [-0.4, -0.2) is 29.6 Å². The van der Waals surface area contributed by atoms with E-state index in [1.54, 1.807) is 14.2 Å². The van der Waals surface area contributed by atoms with E-state index in [2.05, 4.69) is 5.32 Å². The van der Waals surface area contributed by atoms with Crippen LogP contribution < -0.4 is 14.8 Å². The Bertz CT molecular complexity index is 1360. The molecule has 1 aliphatic rings. The molecule has 1 unspecified atom stereocenters. The highest BCUT2D eigenvalue weighted by molar-refractivity contribution is 6.14. The topological polar surface area (TPSA) is 65.4 Å². The molecule has 1 atom stereocenters. The van der Waals surface area contributed by atoms with Crippen molar-refractivity contribution in [3.8, 4) is 11.5 Å². The fraction of sp³-hybridized carbons (Fsp3) is 0.154. The fourth-order valence-electron chi connectivity index (χ4n) is 4.32. The highest BCUT2D eigenvalue weighted by atomic mass is 16.5. The van der Waals surface area contributed by atoms with Crippen molar-refractivity contribution in [3.05, 3.63) is 89.5 Å². The number of para-hydroxylation sites is 2. The molecular weight excluding hydrogens is 402 g/mol. The number of ether oxygens (including phenoxy) is 2. The zero-order chi connectivity index (χ0) is 22.2. The van der Waals surface area contributed by atoms with E-state index in [9.17, 15) is 4.79 Å². The second-order valence-electron chi connectivity index (χ2n) is 7.64. The smallest absolute Gasteiger partial charge is 0.209 e. The average molecular weight is 425 g/mol. The van der Waals surface area contributed by atoms with Gasteiger partial charge in [-0.25, -0.2) is 4.98 Å². The summed E-state index contributed by atoms with van der Waals surface area (Å²) in [6, 6.07) is 22.4. The summed E-state index contributed by atoms with van der Waals surface area (Å²) in [5.74, 6) is 1.97. The summed E-state index contributed by atoms with van der Waals surface area (Å²) in [6.07, 6.45) is 0. The zero-order valence-electron chi connectivity index (χ0n) is 18.1. The lowest BCUT2D eigenvalue weighted by molar-refractivity contribution is 0.102. The van der Waals surface area contributed by atoms with Gasteiger partial charge in [0.1, 0.15) is 11.5 Å². The van der Waals surface area contributed by atoms with Gasteiger partial charge in [-0.3, -0.25) is 9.36 Å². The molecule has 0 amide bonds. The SMILES string of the molecule is COc1ccc(C2Nc3nc4ccccc4n3C(C)=C2C(=O)c2ccccc2)c(OC)c1. The van der Waals surface area contributed by atoms with Crippen molar-refractivity contribution >= 4 is 28.5 Å². The molecule has 0 saturated heterocycles. The summed E-state index contributed by atoms with van der Waals surface area (Å²) in [6.45, 7) is 1.97. The quantitative estimate of drug-likeness (QED) is 0.438. The second-order valence-corrected chi connectivity index (χ2v) is 7.64. The summed E-state index contributed by atoms with van der Waals surface area (Å²) in [7, 11) is 3.23. The van der Waals surface area contributed by atoms with Gasteiger partial charge in [0.25, 0.3) is 0 Å². The van der Waals surface area contributed by atoms with Crippen LogP contribution in [0, 0.1) is 0 Å². The standard InChI is InChI=1S/C26H23N3O3/c1-16-23(25(30)17-9-5-4-6-10-17)24(19-14-13-18(31-2)15-22(19)32-3)28-26-27-20-11-7-8-12-21(20)29(16)26/h4-15,24H,1-3H3,(H,27,28). The molecule has 32 heavy (non-hydrogen) atoms. The van der Waals surface area contributed by atoms with E-state index in [-0.39, 0.29) is 5.78 Å². The van der Waals surface area contributed by atoms with E-state index in [4.69, 9.17) is 14.5 Å². The number of aromatic nitrogens is 2. The first-order valence-electron chi connectivity index (χ1n) is 10.4. The van der Waals surface area contributed by atoms with E-state index >= 15 is 0 Å². The van der Waals surface area contributed by atoms with Crippen LogP contribution in [0.1, 0.15) is 28.9 Å². The Hall–Kier alpha value is -4.06. The van der Waals surface area contributed by atoms with Gasteiger partial charge >= 0.3 is 0 Å². The molecule has 5 rings (SSSR count). The number of nitrogens with zero attached hydrogens (tertiary/aromatic N) is 2. The van der Waals surface area contributed by atoms with Crippen molar-refractivity contribution < 1.29 is 14.3 Å². The number of nitrogens with one attached hydrogen (secondary N) is 1. The molecule has 2 heterocycles. The van der Waals surface area contributed by atoms with E-state index in [1.807, 2.05) is 84.3 Å². The van der Waals surface area contributed by atoms with Gasteiger partial charge in [0, 0.05) is 28.5 Å². The number of allylic oxidation sites excluding steroid dienone is 1. The summed E-state index contributed by atoms with van der Waals surface area (Å²) in [4.78, 5) is 18.6.